The zero-order valence-corrected chi connectivity index (χ0v) is 19.8. The minimum atomic E-state index is -0.615. The molecule has 36 heavy (non-hydrogen) atoms. The topological polar surface area (TPSA) is 165 Å². The second-order valence-electron chi connectivity index (χ2n) is 7.35. The minimum Gasteiger partial charge on any atom is -0.497 e. The Balaban J connectivity index is 1.65. The molecule has 2 aromatic heterocycles. The van der Waals surface area contributed by atoms with Crippen molar-refractivity contribution in [3.8, 4) is 34.3 Å². The van der Waals surface area contributed by atoms with E-state index in [0.29, 0.717) is 40.7 Å². The first kappa shape index (κ1) is 24.2. The van der Waals surface area contributed by atoms with Gasteiger partial charge in [0.1, 0.15) is 22.9 Å². The van der Waals surface area contributed by atoms with Crippen LogP contribution in [-0.4, -0.2) is 58.3 Å². The van der Waals surface area contributed by atoms with Crippen molar-refractivity contribution in [1.82, 2.24) is 30.7 Å². The van der Waals surface area contributed by atoms with Crippen LogP contribution in [0.2, 0.25) is 0 Å². The molecule has 0 spiro atoms. The normalized spacial score (nSPS) is 11.0. The highest BCUT2D eigenvalue weighted by Gasteiger charge is 2.25. The number of hydrogen-bond donors (Lipinski definition) is 2. The standard InChI is InChI=1S/C23H24N8O5/c1-4-11-35-16-7-5-14(6-8-16)20-19(26-30-31(20)22-21(24)28-36-29-22)23(32)27-25-13-15-12-17(33-2)9-10-18(15)34-3/h5-10,12-13H,4,11H2,1-3H3,(H2,24,28)(H,27,32)/b25-13-. The van der Waals surface area contributed by atoms with Gasteiger partial charge in [-0.1, -0.05) is 12.1 Å². The lowest BCUT2D eigenvalue weighted by Gasteiger charge is -2.08. The van der Waals surface area contributed by atoms with Crippen LogP contribution < -0.4 is 25.4 Å². The van der Waals surface area contributed by atoms with Gasteiger partial charge in [0, 0.05) is 11.1 Å². The first-order valence-electron chi connectivity index (χ1n) is 10.9. The summed E-state index contributed by atoms with van der Waals surface area (Å²) in [5.74, 6) is 1.31. The largest absolute Gasteiger partial charge is 0.497 e. The Hall–Kier alpha value is -4.94. The summed E-state index contributed by atoms with van der Waals surface area (Å²) in [5, 5.41) is 19.5. The number of hydrogen-bond acceptors (Lipinski definition) is 11. The smallest absolute Gasteiger partial charge is 0.294 e. The van der Waals surface area contributed by atoms with Crippen molar-refractivity contribution in [2.45, 2.75) is 13.3 Å². The molecule has 0 aliphatic rings. The quantitative estimate of drug-likeness (QED) is 0.248. The van der Waals surface area contributed by atoms with E-state index < -0.39 is 5.91 Å². The van der Waals surface area contributed by atoms with Gasteiger partial charge in [-0.2, -0.15) is 9.78 Å². The molecule has 4 aromatic rings. The van der Waals surface area contributed by atoms with E-state index in [1.54, 1.807) is 49.6 Å². The summed E-state index contributed by atoms with van der Waals surface area (Å²) in [6, 6.07) is 12.3. The summed E-state index contributed by atoms with van der Waals surface area (Å²) in [7, 11) is 3.08. The fraction of sp³-hybridized carbons (Fsp3) is 0.217. The van der Waals surface area contributed by atoms with Crippen LogP contribution in [0.4, 0.5) is 5.82 Å². The highest BCUT2D eigenvalue weighted by Crippen LogP contribution is 2.28. The lowest BCUT2D eigenvalue weighted by molar-refractivity contribution is 0.0950. The molecule has 13 heteroatoms. The number of carbonyl (C=O) groups is 1. The Morgan fingerprint density at radius 2 is 1.92 bits per heavy atom. The summed E-state index contributed by atoms with van der Waals surface area (Å²) in [5.41, 5.74) is 9.82. The average Bonchev–Trinajstić information content (AvgIpc) is 3.53. The number of hydrazone groups is 1. The summed E-state index contributed by atoms with van der Waals surface area (Å²) in [6.07, 6.45) is 2.31. The zero-order valence-electron chi connectivity index (χ0n) is 19.8. The molecular weight excluding hydrogens is 468 g/mol. The van der Waals surface area contributed by atoms with Crippen LogP contribution in [0.15, 0.2) is 52.2 Å². The fourth-order valence-corrected chi connectivity index (χ4v) is 3.26. The molecule has 2 aromatic carbocycles. The number of anilines is 1. The number of benzene rings is 2. The molecule has 0 radical (unpaired) electrons. The number of nitrogen functional groups attached to an aromatic ring is 1. The first-order valence-corrected chi connectivity index (χ1v) is 10.9. The van der Waals surface area contributed by atoms with Crippen LogP contribution >= 0.6 is 0 Å². The van der Waals surface area contributed by atoms with Gasteiger partial charge in [0.05, 0.1) is 27.0 Å². The van der Waals surface area contributed by atoms with E-state index in [1.807, 2.05) is 6.92 Å². The molecule has 0 aliphatic heterocycles. The van der Waals surface area contributed by atoms with Gasteiger partial charge < -0.3 is 19.9 Å². The van der Waals surface area contributed by atoms with E-state index in [9.17, 15) is 4.79 Å². The SMILES string of the molecule is CCCOc1ccc(-c2c(C(=O)N/N=C\c3cc(OC)ccc3OC)nnn2-c2nonc2N)cc1. The van der Waals surface area contributed by atoms with Gasteiger partial charge >= 0.3 is 0 Å². The third kappa shape index (κ3) is 5.09. The Morgan fingerprint density at radius 3 is 2.58 bits per heavy atom. The molecule has 0 fully saturated rings. The Labute approximate surface area is 205 Å². The number of amides is 1. The van der Waals surface area contributed by atoms with Gasteiger partial charge in [-0.15, -0.1) is 5.10 Å². The van der Waals surface area contributed by atoms with Crippen molar-refractivity contribution in [2.75, 3.05) is 26.6 Å². The van der Waals surface area contributed by atoms with Gasteiger partial charge in [-0.05, 0) is 59.2 Å². The number of ether oxygens (including phenoxy) is 3. The maximum atomic E-state index is 13.1. The molecule has 0 saturated heterocycles. The molecule has 0 saturated carbocycles. The number of aromatic nitrogens is 5. The zero-order chi connectivity index (χ0) is 25.5. The summed E-state index contributed by atoms with van der Waals surface area (Å²) >= 11 is 0. The molecule has 186 valence electrons. The molecule has 13 nitrogen and oxygen atoms in total. The van der Waals surface area contributed by atoms with Crippen LogP contribution in [-0.2, 0) is 0 Å². The van der Waals surface area contributed by atoms with Crippen molar-refractivity contribution in [1.29, 1.82) is 0 Å². The third-order valence-electron chi connectivity index (χ3n) is 4.99. The summed E-state index contributed by atoms with van der Waals surface area (Å²) < 4.78 is 22.2. The number of nitrogens with one attached hydrogen (secondary N) is 1. The predicted molar refractivity (Wildman–Crippen MR) is 129 cm³/mol. The molecule has 3 N–H and O–H groups in total. The molecule has 0 atom stereocenters. The second kappa shape index (κ2) is 11.0. The number of carbonyl (C=O) groups excluding carboxylic acids is 1. The molecule has 0 unspecified atom stereocenters. The predicted octanol–water partition coefficient (Wildman–Crippen LogP) is 2.47. The van der Waals surface area contributed by atoms with Crippen molar-refractivity contribution >= 4 is 17.9 Å². The highest BCUT2D eigenvalue weighted by atomic mass is 16.6. The molecule has 0 bridgehead atoms. The van der Waals surface area contributed by atoms with E-state index in [-0.39, 0.29) is 17.3 Å². The van der Waals surface area contributed by atoms with Crippen molar-refractivity contribution in [2.24, 2.45) is 5.10 Å². The van der Waals surface area contributed by atoms with Gasteiger partial charge in [0.25, 0.3) is 5.91 Å². The Bertz CT molecular complexity index is 1360. The van der Waals surface area contributed by atoms with Crippen molar-refractivity contribution in [3.63, 3.8) is 0 Å². The van der Waals surface area contributed by atoms with Gasteiger partial charge in [-0.3, -0.25) is 4.79 Å². The Morgan fingerprint density at radius 1 is 1.14 bits per heavy atom. The Kier molecular flexibility index (Phi) is 7.39. The van der Waals surface area contributed by atoms with Gasteiger partial charge in [-0.25, -0.2) is 10.1 Å². The van der Waals surface area contributed by atoms with Crippen LogP contribution in [0.1, 0.15) is 29.4 Å². The lowest BCUT2D eigenvalue weighted by Crippen LogP contribution is -2.19. The van der Waals surface area contributed by atoms with Gasteiger partial charge in [0.15, 0.2) is 5.69 Å². The summed E-state index contributed by atoms with van der Waals surface area (Å²) in [4.78, 5) is 13.1. The van der Waals surface area contributed by atoms with Crippen LogP contribution in [0.25, 0.3) is 17.1 Å². The number of nitrogens with two attached hydrogens (primary N) is 1. The third-order valence-corrected chi connectivity index (χ3v) is 4.99. The van der Waals surface area contributed by atoms with Crippen molar-refractivity contribution < 1.29 is 23.6 Å². The average molecular weight is 492 g/mol. The minimum absolute atomic E-state index is 0.0147. The number of methoxy groups -OCH3 is 2. The van der Waals surface area contributed by atoms with E-state index in [4.69, 9.17) is 24.6 Å². The van der Waals surface area contributed by atoms with Crippen LogP contribution in [0, 0.1) is 0 Å². The lowest BCUT2D eigenvalue weighted by atomic mass is 10.1. The maximum Gasteiger partial charge on any atom is 0.294 e. The van der Waals surface area contributed by atoms with E-state index in [0.717, 1.165) is 6.42 Å². The molecule has 4 rings (SSSR count). The summed E-state index contributed by atoms with van der Waals surface area (Å²) in [6.45, 7) is 2.61. The van der Waals surface area contributed by atoms with Crippen molar-refractivity contribution in [3.05, 3.63) is 53.7 Å². The monoisotopic (exact) mass is 492 g/mol. The number of nitrogens with zero attached hydrogens (tertiary/aromatic N) is 6. The van der Waals surface area contributed by atoms with E-state index >= 15 is 0 Å². The fourth-order valence-electron chi connectivity index (χ4n) is 3.26. The van der Waals surface area contributed by atoms with Gasteiger partial charge in [0.2, 0.25) is 11.6 Å². The molecule has 0 aliphatic carbocycles. The molecule has 2 heterocycles. The molecule has 1 amide bonds. The van der Waals surface area contributed by atoms with Crippen LogP contribution in [0.3, 0.4) is 0 Å². The second-order valence-corrected chi connectivity index (χ2v) is 7.35. The van der Waals surface area contributed by atoms with Crippen LogP contribution in [0.5, 0.6) is 17.2 Å². The first-order chi connectivity index (χ1) is 17.5. The molecular formula is C23H24N8O5. The van der Waals surface area contributed by atoms with E-state index in [1.165, 1.54) is 18.0 Å². The number of rotatable bonds is 10. The maximum absolute atomic E-state index is 13.1. The van der Waals surface area contributed by atoms with E-state index in [2.05, 4.69) is 31.2 Å². The highest BCUT2D eigenvalue weighted by molar-refractivity contribution is 5.99.